The lowest BCUT2D eigenvalue weighted by molar-refractivity contribution is -0.0319. The fraction of sp³-hybridized carbons (Fsp3) is 0.333. The smallest absolute Gasteiger partial charge is 0.0865 e. The molecular weight excluding hydrogens is 386 g/mol. The molecule has 0 spiro atoms. The van der Waals surface area contributed by atoms with Crippen molar-refractivity contribution in [1.82, 2.24) is 4.90 Å². The third kappa shape index (κ3) is 5.34. The Labute approximate surface area is 185 Å². The fourth-order valence-corrected chi connectivity index (χ4v) is 5.58. The van der Waals surface area contributed by atoms with Crippen LogP contribution in [-0.4, -0.2) is 30.7 Å². The van der Waals surface area contributed by atoms with Crippen LogP contribution >= 0.6 is 11.8 Å². The normalized spacial score (nSPS) is 18.4. The molecule has 0 radical (unpaired) electrons. The highest BCUT2D eigenvalue weighted by Gasteiger charge is 2.31. The summed E-state index contributed by atoms with van der Waals surface area (Å²) in [5.74, 6) is 0.506. The van der Waals surface area contributed by atoms with Gasteiger partial charge in [-0.1, -0.05) is 92.7 Å². The van der Waals surface area contributed by atoms with Crippen molar-refractivity contribution in [1.29, 1.82) is 0 Å². The fourth-order valence-electron chi connectivity index (χ4n) is 4.10. The van der Waals surface area contributed by atoms with Gasteiger partial charge in [0.15, 0.2) is 0 Å². The van der Waals surface area contributed by atoms with Crippen LogP contribution in [-0.2, 0) is 11.3 Å². The van der Waals surface area contributed by atoms with E-state index in [2.05, 4.69) is 104 Å². The van der Waals surface area contributed by atoms with E-state index in [1.807, 2.05) is 11.8 Å². The van der Waals surface area contributed by atoms with E-state index in [9.17, 15) is 0 Å². The number of ether oxygens (including phenoxy) is 1. The summed E-state index contributed by atoms with van der Waals surface area (Å²) in [5.41, 5.74) is 4.13. The van der Waals surface area contributed by atoms with Crippen molar-refractivity contribution in [3.05, 3.63) is 102 Å². The van der Waals surface area contributed by atoms with Gasteiger partial charge in [0.2, 0.25) is 0 Å². The van der Waals surface area contributed by atoms with Crippen LogP contribution in [0.3, 0.4) is 0 Å². The molecule has 2 atom stereocenters. The molecule has 156 valence electrons. The number of benzene rings is 3. The molecule has 1 fully saturated rings. The molecule has 1 saturated heterocycles. The molecule has 0 aliphatic carbocycles. The largest absolute Gasteiger partial charge is 0.374 e. The van der Waals surface area contributed by atoms with Crippen molar-refractivity contribution in [3.8, 4) is 0 Å². The first-order chi connectivity index (χ1) is 14.7. The molecule has 0 saturated carbocycles. The Hall–Kier alpha value is -2.07. The van der Waals surface area contributed by atoms with Gasteiger partial charge in [0, 0.05) is 24.5 Å². The average Bonchev–Trinajstić information content (AvgIpc) is 2.79. The second-order valence-electron chi connectivity index (χ2n) is 8.27. The van der Waals surface area contributed by atoms with Crippen LogP contribution in [0.1, 0.15) is 41.7 Å². The van der Waals surface area contributed by atoms with Gasteiger partial charge in [0.25, 0.3) is 0 Å². The van der Waals surface area contributed by atoms with Crippen molar-refractivity contribution < 1.29 is 4.74 Å². The number of morpholine rings is 1. The number of hydrogen-bond acceptors (Lipinski definition) is 3. The first kappa shape index (κ1) is 21.2. The van der Waals surface area contributed by atoms with Crippen LogP contribution in [0.15, 0.2) is 89.8 Å². The number of rotatable bonds is 7. The highest BCUT2D eigenvalue weighted by atomic mass is 32.2. The van der Waals surface area contributed by atoms with E-state index in [-0.39, 0.29) is 11.4 Å². The lowest BCUT2D eigenvalue weighted by Crippen LogP contribution is -2.44. The molecule has 0 unspecified atom stereocenters. The van der Waals surface area contributed by atoms with Gasteiger partial charge in [-0.3, -0.25) is 4.90 Å². The standard InChI is InChI=1S/C27H31NOS/c1-21(2)24-15-9-10-16-26(24)30-27(23-13-7-4-8-14-23)25-20-28(17-18-29-25)19-22-11-5-3-6-12-22/h3-16,21,25,27H,17-20H2,1-2H3/t25-,27-/m0/s1. The lowest BCUT2D eigenvalue weighted by atomic mass is 10.0. The lowest BCUT2D eigenvalue weighted by Gasteiger charge is -2.37. The van der Waals surface area contributed by atoms with E-state index in [0.717, 1.165) is 26.2 Å². The Kier molecular flexibility index (Phi) is 7.27. The van der Waals surface area contributed by atoms with Crippen molar-refractivity contribution >= 4 is 11.8 Å². The Morgan fingerprint density at radius 1 is 0.900 bits per heavy atom. The molecule has 0 amide bonds. The highest BCUT2D eigenvalue weighted by molar-refractivity contribution is 7.99. The Morgan fingerprint density at radius 2 is 1.57 bits per heavy atom. The van der Waals surface area contributed by atoms with Crippen LogP contribution in [0, 0.1) is 0 Å². The Bertz CT molecular complexity index is 912. The Morgan fingerprint density at radius 3 is 2.30 bits per heavy atom. The van der Waals surface area contributed by atoms with E-state index in [0.29, 0.717) is 5.92 Å². The monoisotopic (exact) mass is 417 g/mol. The van der Waals surface area contributed by atoms with Gasteiger partial charge in [-0.05, 0) is 28.7 Å². The van der Waals surface area contributed by atoms with Gasteiger partial charge < -0.3 is 4.74 Å². The van der Waals surface area contributed by atoms with Crippen molar-refractivity contribution in [2.24, 2.45) is 0 Å². The number of thioether (sulfide) groups is 1. The molecular formula is C27H31NOS. The van der Waals surface area contributed by atoms with E-state index >= 15 is 0 Å². The van der Waals surface area contributed by atoms with E-state index in [1.54, 1.807) is 0 Å². The minimum atomic E-state index is 0.162. The van der Waals surface area contributed by atoms with Crippen molar-refractivity contribution in [2.45, 2.75) is 42.6 Å². The zero-order valence-corrected chi connectivity index (χ0v) is 18.7. The molecule has 0 aromatic heterocycles. The van der Waals surface area contributed by atoms with Crippen LogP contribution < -0.4 is 0 Å². The molecule has 1 aliphatic rings. The first-order valence-electron chi connectivity index (χ1n) is 10.9. The molecule has 3 aromatic rings. The maximum Gasteiger partial charge on any atom is 0.0865 e. The molecule has 1 heterocycles. The molecule has 4 rings (SSSR count). The van der Waals surface area contributed by atoms with Gasteiger partial charge in [0.1, 0.15) is 0 Å². The molecule has 3 heteroatoms. The third-order valence-electron chi connectivity index (χ3n) is 5.69. The highest BCUT2D eigenvalue weighted by Crippen LogP contribution is 2.42. The van der Waals surface area contributed by atoms with Crippen molar-refractivity contribution in [2.75, 3.05) is 19.7 Å². The van der Waals surface area contributed by atoms with Crippen molar-refractivity contribution in [3.63, 3.8) is 0 Å². The molecule has 2 nitrogen and oxygen atoms in total. The summed E-state index contributed by atoms with van der Waals surface area (Å²) in [7, 11) is 0. The molecule has 0 N–H and O–H groups in total. The molecule has 30 heavy (non-hydrogen) atoms. The first-order valence-corrected chi connectivity index (χ1v) is 11.8. The van der Waals surface area contributed by atoms with E-state index < -0.39 is 0 Å². The van der Waals surface area contributed by atoms with Gasteiger partial charge in [-0.15, -0.1) is 11.8 Å². The summed E-state index contributed by atoms with van der Waals surface area (Å²) < 4.78 is 6.37. The second kappa shape index (κ2) is 10.3. The predicted octanol–water partition coefficient (Wildman–Crippen LogP) is 6.54. The molecule has 0 bridgehead atoms. The Balaban J connectivity index is 1.57. The van der Waals surface area contributed by atoms with Crippen LogP contribution in [0.4, 0.5) is 0 Å². The summed E-state index contributed by atoms with van der Waals surface area (Å²) in [6.45, 7) is 8.25. The van der Waals surface area contributed by atoms with E-state index in [4.69, 9.17) is 4.74 Å². The zero-order chi connectivity index (χ0) is 20.8. The second-order valence-corrected chi connectivity index (χ2v) is 9.46. The zero-order valence-electron chi connectivity index (χ0n) is 17.9. The topological polar surface area (TPSA) is 12.5 Å². The summed E-state index contributed by atoms with van der Waals surface area (Å²) >= 11 is 1.96. The number of hydrogen-bond donors (Lipinski definition) is 0. The molecule has 3 aromatic carbocycles. The summed E-state index contributed by atoms with van der Waals surface area (Å²) in [4.78, 5) is 3.90. The maximum atomic E-state index is 6.37. The van der Waals surface area contributed by atoms with Gasteiger partial charge >= 0.3 is 0 Å². The molecule has 1 aliphatic heterocycles. The van der Waals surface area contributed by atoms with E-state index in [1.165, 1.54) is 21.6 Å². The quantitative estimate of drug-likeness (QED) is 0.405. The third-order valence-corrected chi connectivity index (χ3v) is 7.14. The van der Waals surface area contributed by atoms with Crippen LogP contribution in [0.25, 0.3) is 0 Å². The minimum absolute atomic E-state index is 0.162. The summed E-state index contributed by atoms with van der Waals surface area (Å²) in [6, 6.07) is 30.5. The maximum absolute atomic E-state index is 6.37. The minimum Gasteiger partial charge on any atom is -0.374 e. The van der Waals surface area contributed by atoms with Gasteiger partial charge in [-0.2, -0.15) is 0 Å². The van der Waals surface area contributed by atoms with Crippen LogP contribution in [0.5, 0.6) is 0 Å². The average molecular weight is 418 g/mol. The van der Waals surface area contributed by atoms with Crippen LogP contribution in [0.2, 0.25) is 0 Å². The number of nitrogens with zero attached hydrogens (tertiary/aromatic N) is 1. The predicted molar refractivity (Wildman–Crippen MR) is 127 cm³/mol. The van der Waals surface area contributed by atoms with Gasteiger partial charge in [0.05, 0.1) is 18.0 Å². The SMILES string of the molecule is CC(C)c1ccccc1S[C@@H](c1ccccc1)[C@@H]1CN(Cc2ccccc2)CCO1. The summed E-state index contributed by atoms with van der Waals surface area (Å²) in [5, 5.41) is 0.268. The summed E-state index contributed by atoms with van der Waals surface area (Å²) in [6.07, 6.45) is 0.162. The van der Waals surface area contributed by atoms with Gasteiger partial charge in [-0.25, -0.2) is 0 Å².